The largest absolute Gasteiger partial charge is 0.324 e. The Morgan fingerprint density at radius 3 is 2.23 bits per heavy atom. The highest BCUT2D eigenvalue weighted by Gasteiger charge is 2.36. The van der Waals surface area contributed by atoms with E-state index in [1.807, 2.05) is 0 Å². The molecule has 4 N–H and O–H groups in total. The summed E-state index contributed by atoms with van der Waals surface area (Å²) in [6, 6.07) is 5.91. The first kappa shape index (κ1) is 16.9. The molecule has 1 fully saturated rings. The number of hydrogen-bond donors (Lipinski definition) is 3. The second-order valence-corrected chi connectivity index (χ2v) is 7.83. The zero-order chi connectivity index (χ0) is 16.4. The van der Waals surface area contributed by atoms with Crippen LogP contribution in [0.25, 0.3) is 0 Å². The summed E-state index contributed by atoms with van der Waals surface area (Å²) in [6.07, 6.45) is 3.29. The molecule has 1 saturated carbocycles. The number of hydrogen-bond acceptors (Lipinski definition) is 4. The van der Waals surface area contributed by atoms with E-state index >= 15 is 0 Å². The maximum Gasteiger partial charge on any atom is 0.244 e. The van der Waals surface area contributed by atoms with E-state index in [-0.39, 0.29) is 16.8 Å². The van der Waals surface area contributed by atoms with Crippen molar-refractivity contribution in [1.82, 2.24) is 4.72 Å². The van der Waals surface area contributed by atoms with E-state index < -0.39 is 15.6 Å². The molecule has 1 amide bonds. The summed E-state index contributed by atoms with van der Waals surface area (Å²) in [5.74, 6) is -0.207. The van der Waals surface area contributed by atoms with Crippen molar-refractivity contribution in [2.24, 2.45) is 5.73 Å². The molecule has 1 aliphatic carbocycles. The second-order valence-electron chi connectivity index (χ2n) is 6.12. The lowest BCUT2D eigenvalue weighted by atomic mass is 9.98. The third kappa shape index (κ3) is 3.85. The van der Waals surface area contributed by atoms with Crippen molar-refractivity contribution in [3.05, 3.63) is 24.3 Å². The van der Waals surface area contributed by atoms with E-state index in [9.17, 15) is 13.2 Å². The lowest BCUT2D eigenvalue weighted by molar-refractivity contribution is -0.121. The van der Waals surface area contributed by atoms with E-state index in [1.54, 1.807) is 26.0 Å². The minimum absolute atomic E-state index is 0.169. The van der Waals surface area contributed by atoms with E-state index in [1.165, 1.54) is 12.1 Å². The molecule has 2 rings (SSSR count). The molecule has 0 atom stereocenters. The van der Waals surface area contributed by atoms with Crippen LogP contribution in [0.1, 0.15) is 39.5 Å². The van der Waals surface area contributed by atoms with Gasteiger partial charge in [0.25, 0.3) is 0 Å². The fourth-order valence-electron chi connectivity index (χ4n) is 2.58. The normalized spacial score (nSPS) is 17.6. The minimum Gasteiger partial charge on any atom is -0.324 e. The number of carbonyl (C=O) groups is 1. The number of rotatable bonds is 5. The molecule has 0 aliphatic heterocycles. The fraction of sp³-hybridized carbons (Fsp3) is 0.533. The molecule has 0 bridgehead atoms. The third-order valence-electron chi connectivity index (χ3n) is 3.76. The van der Waals surface area contributed by atoms with Crippen LogP contribution in [0.4, 0.5) is 5.69 Å². The van der Waals surface area contributed by atoms with Crippen molar-refractivity contribution in [3.8, 4) is 0 Å². The average molecular weight is 325 g/mol. The number of nitrogens with one attached hydrogen (secondary N) is 2. The predicted octanol–water partition coefficient (Wildman–Crippen LogP) is 1.58. The lowest BCUT2D eigenvalue weighted by Crippen LogP contribution is -2.48. The first-order chi connectivity index (χ1) is 10.2. The van der Waals surface area contributed by atoms with Gasteiger partial charge in [-0.25, -0.2) is 13.1 Å². The smallest absolute Gasteiger partial charge is 0.244 e. The quantitative estimate of drug-likeness (QED) is 0.765. The maximum atomic E-state index is 12.2. The molecule has 6 nitrogen and oxygen atoms in total. The monoisotopic (exact) mass is 325 g/mol. The van der Waals surface area contributed by atoms with E-state index in [0.717, 1.165) is 12.8 Å². The van der Waals surface area contributed by atoms with Crippen LogP contribution in [-0.2, 0) is 14.8 Å². The van der Waals surface area contributed by atoms with Crippen molar-refractivity contribution in [2.45, 2.75) is 56.0 Å². The van der Waals surface area contributed by atoms with Crippen LogP contribution in [-0.4, -0.2) is 25.9 Å². The van der Waals surface area contributed by atoms with E-state index in [2.05, 4.69) is 10.0 Å². The van der Waals surface area contributed by atoms with Gasteiger partial charge in [0, 0.05) is 11.7 Å². The molecular formula is C15H23N3O3S. The van der Waals surface area contributed by atoms with Crippen LogP contribution in [0.2, 0.25) is 0 Å². The third-order valence-corrected chi connectivity index (χ3v) is 5.44. The number of sulfonamides is 1. The lowest BCUT2D eigenvalue weighted by Gasteiger charge is -2.22. The van der Waals surface area contributed by atoms with Gasteiger partial charge in [0.15, 0.2) is 0 Å². The van der Waals surface area contributed by atoms with Crippen LogP contribution in [0, 0.1) is 0 Å². The number of benzene rings is 1. The van der Waals surface area contributed by atoms with Gasteiger partial charge in [-0.2, -0.15) is 0 Å². The number of carbonyl (C=O) groups excluding carboxylic acids is 1. The Kier molecular flexibility index (Phi) is 4.89. The van der Waals surface area contributed by atoms with Crippen LogP contribution in [0.15, 0.2) is 29.2 Å². The summed E-state index contributed by atoms with van der Waals surface area (Å²) in [5.41, 5.74) is 5.83. The van der Waals surface area contributed by atoms with Crippen LogP contribution >= 0.6 is 0 Å². The van der Waals surface area contributed by atoms with Gasteiger partial charge >= 0.3 is 0 Å². The van der Waals surface area contributed by atoms with Gasteiger partial charge in [-0.05, 0) is 51.0 Å². The van der Waals surface area contributed by atoms with Crippen molar-refractivity contribution in [1.29, 1.82) is 0 Å². The molecule has 22 heavy (non-hydrogen) atoms. The Balaban J connectivity index is 2.08. The summed E-state index contributed by atoms with van der Waals surface area (Å²) >= 11 is 0. The molecule has 0 aromatic heterocycles. The fourth-order valence-corrected chi connectivity index (χ4v) is 3.84. The first-order valence-electron chi connectivity index (χ1n) is 7.46. The molecule has 7 heteroatoms. The predicted molar refractivity (Wildman–Crippen MR) is 85.9 cm³/mol. The molecule has 0 spiro atoms. The Morgan fingerprint density at radius 2 is 1.73 bits per heavy atom. The Hall–Kier alpha value is -1.44. The molecule has 1 aromatic rings. The van der Waals surface area contributed by atoms with Gasteiger partial charge in [-0.3, -0.25) is 4.79 Å². The SMILES string of the molecule is CC(C)NS(=O)(=O)c1ccc(NC(=O)C2(N)CCCC2)cc1. The molecule has 0 unspecified atom stereocenters. The molecule has 1 aromatic carbocycles. The van der Waals surface area contributed by atoms with Crippen LogP contribution in [0.3, 0.4) is 0 Å². The summed E-state index contributed by atoms with van der Waals surface area (Å²) in [4.78, 5) is 12.4. The average Bonchev–Trinajstić information content (AvgIpc) is 2.86. The molecule has 0 heterocycles. The van der Waals surface area contributed by atoms with Crippen molar-refractivity contribution in [3.63, 3.8) is 0 Å². The highest BCUT2D eigenvalue weighted by molar-refractivity contribution is 7.89. The molecular weight excluding hydrogens is 302 g/mol. The highest BCUT2D eigenvalue weighted by atomic mass is 32.2. The van der Waals surface area contributed by atoms with E-state index in [4.69, 9.17) is 5.73 Å². The standard InChI is InChI=1S/C15H23N3O3S/c1-11(2)18-22(20,21)13-7-5-12(6-8-13)17-14(19)15(16)9-3-4-10-15/h5-8,11,18H,3-4,9-10,16H2,1-2H3,(H,17,19). The molecule has 1 aliphatic rings. The number of anilines is 1. The molecule has 122 valence electrons. The van der Waals surface area contributed by atoms with Crippen LogP contribution < -0.4 is 15.8 Å². The van der Waals surface area contributed by atoms with Crippen molar-refractivity contribution in [2.75, 3.05) is 5.32 Å². The van der Waals surface area contributed by atoms with E-state index in [0.29, 0.717) is 18.5 Å². The van der Waals surface area contributed by atoms with Crippen molar-refractivity contribution < 1.29 is 13.2 Å². The first-order valence-corrected chi connectivity index (χ1v) is 8.94. The summed E-state index contributed by atoms with van der Waals surface area (Å²) in [7, 11) is -3.52. The maximum absolute atomic E-state index is 12.2. The summed E-state index contributed by atoms with van der Waals surface area (Å²) in [5, 5.41) is 2.76. The van der Waals surface area contributed by atoms with Gasteiger partial charge in [-0.1, -0.05) is 12.8 Å². The Labute approximate surface area is 131 Å². The Morgan fingerprint density at radius 1 is 1.18 bits per heavy atom. The van der Waals surface area contributed by atoms with Gasteiger partial charge < -0.3 is 11.1 Å². The molecule has 0 saturated heterocycles. The van der Waals surface area contributed by atoms with Crippen molar-refractivity contribution >= 4 is 21.6 Å². The summed E-state index contributed by atoms with van der Waals surface area (Å²) < 4.78 is 26.5. The Bertz CT molecular complexity index is 633. The van der Waals surface area contributed by atoms with Gasteiger partial charge in [0.05, 0.1) is 10.4 Å². The van der Waals surface area contributed by atoms with Gasteiger partial charge in [0.1, 0.15) is 0 Å². The summed E-state index contributed by atoms with van der Waals surface area (Å²) in [6.45, 7) is 3.52. The zero-order valence-electron chi connectivity index (χ0n) is 12.9. The minimum atomic E-state index is -3.52. The second kappa shape index (κ2) is 6.36. The number of nitrogens with two attached hydrogens (primary N) is 1. The highest BCUT2D eigenvalue weighted by Crippen LogP contribution is 2.28. The zero-order valence-corrected chi connectivity index (χ0v) is 13.7. The van der Waals surface area contributed by atoms with Gasteiger partial charge in [0.2, 0.25) is 15.9 Å². The van der Waals surface area contributed by atoms with Crippen LogP contribution in [0.5, 0.6) is 0 Å². The molecule has 0 radical (unpaired) electrons. The number of amides is 1. The van der Waals surface area contributed by atoms with Gasteiger partial charge in [-0.15, -0.1) is 0 Å². The topological polar surface area (TPSA) is 101 Å².